The second-order valence-corrected chi connectivity index (χ2v) is 5.68. The SMILES string of the molecule is CC(=O)N1CCN(Cc2ccccn2)[C@@H](c2ccccc2)C1. The lowest BCUT2D eigenvalue weighted by Crippen LogP contribution is -2.49. The molecular formula is C18H21N3O. The number of hydrogen-bond acceptors (Lipinski definition) is 3. The van der Waals surface area contributed by atoms with Gasteiger partial charge in [0.2, 0.25) is 5.91 Å². The molecule has 1 aromatic carbocycles. The Morgan fingerprint density at radius 3 is 2.59 bits per heavy atom. The van der Waals surface area contributed by atoms with E-state index in [1.54, 1.807) is 6.92 Å². The van der Waals surface area contributed by atoms with Crippen molar-refractivity contribution in [2.45, 2.75) is 19.5 Å². The van der Waals surface area contributed by atoms with E-state index in [1.807, 2.05) is 29.3 Å². The van der Waals surface area contributed by atoms with Gasteiger partial charge in [-0.15, -0.1) is 0 Å². The zero-order valence-electron chi connectivity index (χ0n) is 12.9. The van der Waals surface area contributed by atoms with E-state index >= 15 is 0 Å². The Morgan fingerprint density at radius 2 is 1.91 bits per heavy atom. The van der Waals surface area contributed by atoms with Crippen molar-refractivity contribution < 1.29 is 4.79 Å². The first-order valence-corrected chi connectivity index (χ1v) is 7.68. The number of benzene rings is 1. The highest BCUT2D eigenvalue weighted by Crippen LogP contribution is 2.26. The van der Waals surface area contributed by atoms with Gasteiger partial charge >= 0.3 is 0 Å². The lowest BCUT2D eigenvalue weighted by molar-refractivity contribution is -0.132. The lowest BCUT2D eigenvalue weighted by atomic mass is 10.0. The van der Waals surface area contributed by atoms with Crippen molar-refractivity contribution >= 4 is 5.91 Å². The molecule has 4 nitrogen and oxygen atoms in total. The summed E-state index contributed by atoms with van der Waals surface area (Å²) in [6, 6.07) is 16.7. The van der Waals surface area contributed by atoms with Crippen LogP contribution in [0.15, 0.2) is 54.7 Å². The van der Waals surface area contributed by atoms with Crippen LogP contribution in [0, 0.1) is 0 Å². The average molecular weight is 295 g/mol. The van der Waals surface area contributed by atoms with Gasteiger partial charge in [-0.3, -0.25) is 14.7 Å². The molecule has 1 aliphatic rings. The van der Waals surface area contributed by atoms with Gasteiger partial charge in [0.15, 0.2) is 0 Å². The molecule has 1 amide bonds. The molecule has 2 heterocycles. The van der Waals surface area contributed by atoms with Crippen LogP contribution in [0.25, 0.3) is 0 Å². The van der Waals surface area contributed by atoms with E-state index < -0.39 is 0 Å². The van der Waals surface area contributed by atoms with Crippen LogP contribution in [0.3, 0.4) is 0 Å². The fourth-order valence-electron chi connectivity index (χ4n) is 2.99. The first-order valence-electron chi connectivity index (χ1n) is 7.68. The third kappa shape index (κ3) is 3.34. The number of carbonyl (C=O) groups excluding carboxylic acids is 1. The summed E-state index contributed by atoms with van der Waals surface area (Å²) in [5, 5.41) is 0. The molecule has 0 N–H and O–H groups in total. The number of pyridine rings is 1. The van der Waals surface area contributed by atoms with E-state index in [9.17, 15) is 4.79 Å². The summed E-state index contributed by atoms with van der Waals surface area (Å²) in [7, 11) is 0. The van der Waals surface area contributed by atoms with E-state index in [0.717, 1.165) is 31.9 Å². The number of rotatable bonds is 3. The summed E-state index contributed by atoms with van der Waals surface area (Å²) >= 11 is 0. The Bertz CT molecular complexity index is 615. The summed E-state index contributed by atoms with van der Waals surface area (Å²) < 4.78 is 0. The van der Waals surface area contributed by atoms with Crippen molar-refractivity contribution in [3.8, 4) is 0 Å². The molecule has 3 rings (SSSR count). The lowest BCUT2D eigenvalue weighted by Gasteiger charge is -2.41. The van der Waals surface area contributed by atoms with Crippen molar-refractivity contribution in [1.82, 2.24) is 14.8 Å². The molecule has 1 fully saturated rings. The quantitative estimate of drug-likeness (QED) is 0.873. The minimum absolute atomic E-state index is 0.151. The molecule has 1 aliphatic heterocycles. The highest BCUT2D eigenvalue weighted by atomic mass is 16.2. The largest absolute Gasteiger partial charge is 0.340 e. The molecule has 1 aromatic heterocycles. The number of hydrogen-bond donors (Lipinski definition) is 0. The fourth-order valence-corrected chi connectivity index (χ4v) is 2.99. The van der Waals surface area contributed by atoms with Gasteiger partial charge in [-0.1, -0.05) is 36.4 Å². The van der Waals surface area contributed by atoms with Crippen molar-refractivity contribution in [2.24, 2.45) is 0 Å². The van der Waals surface area contributed by atoms with Gasteiger partial charge in [0.25, 0.3) is 0 Å². The molecule has 0 aliphatic carbocycles. The average Bonchev–Trinajstić information content (AvgIpc) is 2.57. The molecule has 22 heavy (non-hydrogen) atoms. The molecular weight excluding hydrogens is 274 g/mol. The smallest absolute Gasteiger partial charge is 0.219 e. The maximum atomic E-state index is 11.7. The normalized spacial score (nSPS) is 19.1. The van der Waals surface area contributed by atoms with Crippen molar-refractivity contribution in [3.63, 3.8) is 0 Å². The van der Waals surface area contributed by atoms with Crippen LogP contribution in [0.5, 0.6) is 0 Å². The highest BCUT2D eigenvalue weighted by Gasteiger charge is 2.29. The van der Waals surface area contributed by atoms with Crippen LogP contribution in [0.4, 0.5) is 0 Å². The van der Waals surface area contributed by atoms with E-state index in [2.05, 4.69) is 40.2 Å². The molecule has 4 heteroatoms. The Hall–Kier alpha value is -2.20. The van der Waals surface area contributed by atoms with E-state index in [-0.39, 0.29) is 11.9 Å². The van der Waals surface area contributed by atoms with Gasteiger partial charge < -0.3 is 4.90 Å². The summed E-state index contributed by atoms with van der Waals surface area (Å²) in [5.41, 5.74) is 2.32. The predicted molar refractivity (Wildman–Crippen MR) is 86.1 cm³/mol. The van der Waals surface area contributed by atoms with E-state index in [4.69, 9.17) is 0 Å². The minimum atomic E-state index is 0.151. The predicted octanol–water partition coefficient (Wildman–Crippen LogP) is 2.49. The van der Waals surface area contributed by atoms with Crippen LogP contribution >= 0.6 is 0 Å². The number of aromatic nitrogens is 1. The first-order chi connectivity index (χ1) is 10.7. The maximum absolute atomic E-state index is 11.7. The number of carbonyl (C=O) groups is 1. The molecule has 0 saturated carbocycles. The van der Waals surface area contributed by atoms with Crippen molar-refractivity contribution in [2.75, 3.05) is 19.6 Å². The summed E-state index contributed by atoms with van der Waals surface area (Å²) in [6.07, 6.45) is 1.83. The second-order valence-electron chi connectivity index (χ2n) is 5.68. The van der Waals surface area contributed by atoms with Crippen LogP contribution in [-0.2, 0) is 11.3 Å². The van der Waals surface area contributed by atoms with Crippen LogP contribution < -0.4 is 0 Å². The number of amides is 1. The minimum Gasteiger partial charge on any atom is -0.340 e. The van der Waals surface area contributed by atoms with Crippen LogP contribution in [0.1, 0.15) is 24.2 Å². The van der Waals surface area contributed by atoms with Gasteiger partial charge in [-0.25, -0.2) is 0 Å². The van der Waals surface area contributed by atoms with Crippen LogP contribution in [-0.4, -0.2) is 40.3 Å². The molecule has 0 unspecified atom stereocenters. The van der Waals surface area contributed by atoms with Gasteiger partial charge in [0.1, 0.15) is 0 Å². The summed E-state index contributed by atoms with van der Waals surface area (Å²) in [5.74, 6) is 0.151. The van der Waals surface area contributed by atoms with Crippen LogP contribution in [0.2, 0.25) is 0 Å². The summed E-state index contributed by atoms with van der Waals surface area (Å²) in [4.78, 5) is 20.5. The monoisotopic (exact) mass is 295 g/mol. The molecule has 0 radical (unpaired) electrons. The molecule has 114 valence electrons. The zero-order valence-corrected chi connectivity index (χ0v) is 12.9. The molecule has 0 spiro atoms. The topological polar surface area (TPSA) is 36.4 Å². The zero-order chi connectivity index (χ0) is 15.4. The van der Waals surface area contributed by atoms with Crippen molar-refractivity contribution in [1.29, 1.82) is 0 Å². The number of nitrogens with zero attached hydrogens (tertiary/aromatic N) is 3. The molecule has 2 aromatic rings. The third-order valence-electron chi connectivity index (χ3n) is 4.21. The molecule has 1 saturated heterocycles. The maximum Gasteiger partial charge on any atom is 0.219 e. The fraction of sp³-hybridized carbons (Fsp3) is 0.333. The van der Waals surface area contributed by atoms with Crippen molar-refractivity contribution in [3.05, 3.63) is 66.0 Å². The first kappa shape index (κ1) is 14.7. The molecule has 0 bridgehead atoms. The Labute approximate surface area is 131 Å². The Morgan fingerprint density at radius 1 is 1.14 bits per heavy atom. The number of piperazine rings is 1. The summed E-state index contributed by atoms with van der Waals surface area (Å²) in [6.45, 7) is 4.86. The highest BCUT2D eigenvalue weighted by molar-refractivity contribution is 5.73. The van der Waals surface area contributed by atoms with Gasteiger partial charge in [0.05, 0.1) is 11.7 Å². The Kier molecular flexibility index (Phi) is 4.49. The Balaban J connectivity index is 1.82. The van der Waals surface area contributed by atoms with Gasteiger partial charge in [-0.05, 0) is 17.7 Å². The van der Waals surface area contributed by atoms with Gasteiger partial charge in [0, 0.05) is 39.3 Å². The van der Waals surface area contributed by atoms with E-state index in [1.165, 1.54) is 5.56 Å². The van der Waals surface area contributed by atoms with Gasteiger partial charge in [-0.2, -0.15) is 0 Å². The second kappa shape index (κ2) is 6.71. The standard InChI is InChI=1S/C18H21N3O/c1-15(22)20-11-12-21(13-17-9-5-6-10-19-17)18(14-20)16-7-3-2-4-8-16/h2-10,18H,11-14H2,1H3/t18-/m1/s1. The van der Waals surface area contributed by atoms with E-state index in [0.29, 0.717) is 0 Å². The third-order valence-corrected chi connectivity index (χ3v) is 4.21. The molecule has 1 atom stereocenters.